The first-order chi connectivity index (χ1) is 16.9. The van der Waals surface area contributed by atoms with Crippen molar-refractivity contribution < 1.29 is 34.1 Å². The van der Waals surface area contributed by atoms with Crippen molar-refractivity contribution in [2.75, 3.05) is 0 Å². The molecule has 0 saturated heterocycles. The van der Waals surface area contributed by atoms with Gasteiger partial charge < -0.3 is 0 Å². The van der Waals surface area contributed by atoms with Gasteiger partial charge in [0.25, 0.3) is 0 Å². The summed E-state index contributed by atoms with van der Waals surface area (Å²) in [5, 5.41) is 0. The van der Waals surface area contributed by atoms with Gasteiger partial charge in [0.2, 0.25) is 0 Å². The van der Waals surface area contributed by atoms with Crippen LogP contribution in [0.2, 0.25) is 0 Å². The third kappa shape index (κ3) is 9.50. The summed E-state index contributed by atoms with van der Waals surface area (Å²) >= 11 is 0. The summed E-state index contributed by atoms with van der Waals surface area (Å²) in [5.74, 6) is 0. The summed E-state index contributed by atoms with van der Waals surface area (Å²) in [6.07, 6.45) is 2.16. The zero-order valence-corrected chi connectivity index (χ0v) is 22.3. The van der Waals surface area contributed by atoms with E-state index in [4.69, 9.17) is 0 Å². The zero-order valence-electron chi connectivity index (χ0n) is 20.1. The van der Waals surface area contributed by atoms with Gasteiger partial charge in [-0.3, -0.25) is 0 Å². The van der Waals surface area contributed by atoms with E-state index in [2.05, 4.69) is 97.1 Å². The largest absolute Gasteiger partial charge is 2.00 e. The zero-order chi connectivity index (χ0) is 23.3. The molecule has 6 aromatic rings. The van der Waals surface area contributed by atoms with Gasteiger partial charge in [0.05, 0.1) is 0 Å². The summed E-state index contributed by atoms with van der Waals surface area (Å²) in [6.45, 7) is 0. The second-order valence-corrected chi connectivity index (χ2v) is 8.17. The molecule has 0 fully saturated rings. The predicted octanol–water partition coefficient (Wildman–Crippen LogP) is 9.05. The molecule has 0 amide bonds. The maximum atomic E-state index is 2.25. The summed E-state index contributed by atoms with van der Waals surface area (Å²) in [4.78, 5) is 0. The summed E-state index contributed by atoms with van der Waals surface area (Å²) in [6, 6.07) is 54.9. The maximum Gasteiger partial charge on any atom is 2.00 e. The minimum absolute atomic E-state index is 0. The van der Waals surface area contributed by atoms with E-state index in [0.29, 0.717) is 0 Å². The molecule has 0 N–H and O–H groups in total. The Bertz CT molecular complexity index is 1100. The molecular formula is C34H30Fe2. The minimum Gasteiger partial charge on any atom is -0.214 e. The molecule has 2 heteroatoms. The number of hydrogen-bond donors (Lipinski definition) is 0. The third-order valence-corrected chi connectivity index (χ3v) is 5.71. The van der Waals surface area contributed by atoms with Crippen LogP contribution in [-0.4, -0.2) is 0 Å². The van der Waals surface area contributed by atoms with Crippen LogP contribution in [0.5, 0.6) is 0 Å². The van der Waals surface area contributed by atoms with E-state index < -0.39 is 0 Å². The van der Waals surface area contributed by atoms with Crippen molar-refractivity contribution >= 4 is 0 Å². The first-order valence-electron chi connectivity index (χ1n) is 11.8. The molecule has 6 aromatic carbocycles. The van der Waals surface area contributed by atoms with Crippen LogP contribution in [0, 0.1) is 0 Å². The molecule has 0 aromatic heterocycles. The van der Waals surface area contributed by atoms with Gasteiger partial charge in [0, 0.05) is 0 Å². The smallest absolute Gasteiger partial charge is 0.214 e. The van der Waals surface area contributed by atoms with Crippen molar-refractivity contribution in [2.45, 2.75) is 12.8 Å². The SMILES string of the molecule is [Fe+2].[Fe+2].c1cc[c-](-c2ccc(CCc3ccc(-[c-]4cccc4)cc3)cc2)c1.c1cc[cH-]c1.c1cc[cH-]c1. The number of rotatable bonds is 5. The number of benzene rings is 2. The van der Waals surface area contributed by atoms with Gasteiger partial charge in [-0.1, -0.05) is 46.5 Å². The quantitative estimate of drug-likeness (QED) is 0.148. The Hall–Kier alpha value is -3.12. The molecule has 0 bridgehead atoms. The molecule has 182 valence electrons. The Kier molecular flexibility index (Phi) is 13.4. The predicted molar refractivity (Wildman–Crippen MR) is 146 cm³/mol. The Morgan fingerprint density at radius 1 is 0.417 bits per heavy atom. The van der Waals surface area contributed by atoms with Gasteiger partial charge in [-0.2, -0.15) is 60.7 Å². The van der Waals surface area contributed by atoms with Crippen molar-refractivity contribution in [2.24, 2.45) is 0 Å². The second kappa shape index (κ2) is 16.5. The maximum absolute atomic E-state index is 2.25. The fraction of sp³-hybridized carbons (Fsp3) is 0.0588. The van der Waals surface area contributed by atoms with Crippen LogP contribution < -0.4 is 0 Å². The molecule has 0 aliphatic carbocycles. The molecule has 0 atom stereocenters. The Morgan fingerprint density at radius 2 is 0.722 bits per heavy atom. The van der Waals surface area contributed by atoms with E-state index in [1.807, 2.05) is 60.7 Å². The first-order valence-corrected chi connectivity index (χ1v) is 11.8. The average molecular weight is 550 g/mol. The molecule has 0 nitrogen and oxygen atoms in total. The second-order valence-electron chi connectivity index (χ2n) is 8.17. The van der Waals surface area contributed by atoms with Gasteiger partial charge in [-0.05, 0) is 12.8 Å². The van der Waals surface area contributed by atoms with Gasteiger partial charge >= 0.3 is 34.1 Å². The van der Waals surface area contributed by atoms with E-state index in [1.165, 1.54) is 33.4 Å². The molecule has 0 heterocycles. The van der Waals surface area contributed by atoms with Crippen molar-refractivity contribution in [1.29, 1.82) is 0 Å². The fourth-order valence-electron chi connectivity index (χ4n) is 3.79. The van der Waals surface area contributed by atoms with Gasteiger partial charge in [0.1, 0.15) is 0 Å². The van der Waals surface area contributed by atoms with Crippen LogP contribution in [0.1, 0.15) is 11.1 Å². The Morgan fingerprint density at radius 3 is 0.972 bits per heavy atom. The molecule has 0 radical (unpaired) electrons. The molecule has 6 rings (SSSR count). The minimum atomic E-state index is 0. The molecule has 0 spiro atoms. The molecule has 0 saturated carbocycles. The van der Waals surface area contributed by atoms with Crippen LogP contribution in [-0.2, 0) is 47.0 Å². The van der Waals surface area contributed by atoms with Crippen molar-refractivity contribution in [3.05, 3.63) is 169 Å². The molecule has 0 aliphatic heterocycles. The van der Waals surface area contributed by atoms with Gasteiger partial charge in [-0.25, -0.2) is 24.3 Å². The molecule has 0 aliphatic rings. The van der Waals surface area contributed by atoms with Gasteiger partial charge in [0.15, 0.2) is 0 Å². The van der Waals surface area contributed by atoms with Gasteiger partial charge in [-0.15, -0.1) is 59.7 Å². The average Bonchev–Trinajstić information content (AvgIpc) is 3.72. The topological polar surface area (TPSA) is 0 Å². The Balaban J connectivity index is 0.000000317. The summed E-state index contributed by atoms with van der Waals surface area (Å²) in [7, 11) is 0. The van der Waals surface area contributed by atoms with E-state index in [0.717, 1.165) is 12.8 Å². The van der Waals surface area contributed by atoms with Crippen LogP contribution in [0.3, 0.4) is 0 Å². The monoisotopic (exact) mass is 550 g/mol. The van der Waals surface area contributed by atoms with E-state index in [1.54, 1.807) is 0 Å². The summed E-state index contributed by atoms with van der Waals surface area (Å²) < 4.78 is 0. The summed E-state index contributed by atoms with van der Waals surface area (Å²) in [5.41, 5.74) is 7.97. The van der Waals surface area contributed by atoms with Crippen molar-refractivity contribution in [3.8, 4) is 22.3 Å². The van der Waals surface area contributed by atoms with E-state index >= 15 is 0 Å². The number of hydrogen-bond acceptors (Lipinski definition) is 0. The van der Waals surface area contributed by atoms with E-state index in [-0.39, 0.29) is 34.1 Å². The first kappa shape index (κ1) is 29.1. The van der Waals surface area contributed by atoms with Crippen LogP contribution in [0.15, 0.2) is 158 Å². The molecule has 0 unspecified atom stereocenters. The van der Waals surface area contributed by atoms with E-state index in [9.17, 15) is 0 Å². The van der Waals surface area contributed by atoms with Crippen LogP contribution >= 0.6 is 0 Å². The van der Waals surface area contributed by atoms with Crippen LogP contribution in [0.25, 0.3) is 22.3 Å². The molecule has 36 heavy (non-hydrogen) atoms. The normalized spacial score (nSPS) is 9.44. The fourth-order valence-corrected chi connectivity index (χ4v) is 3.79. The molecular weight excluding hydrogens is 520 g/mol. The standard InChI is InChI=1S/C24H20.2C5H5.2Fe/c1-2-6-21(5-1)23-15-11-19(12-16-23)9-10-20-13-17-24(18-14-20)22-7-3-4-8-22;2*1-2-4-5-3-1;;/h1-8,11-18H,9-10H2;2*1-5H;;/q-2;2*-1;2*+2. The van der Waals surface area contributed by atoms with Crippen molar-refractivity contribution in [3.63, 3.8) is 0 Å². The Labute approximate surface area is 237 Å². The van der Waals surface area contributed by atoms with Crippen molar-refractivity contribution in [1.82, 2.24) is 0 Å². The number of aryl methyl sites for hydroxylation is 2. The van der Waals surface area contributed by atoms with Crippen LogP contribution in [0.4, 0.5) is 0 Å². The third-order valence-electron chi connectivity index (χ3n) is 5.71.